The van der Waals surface area contributed by atoms with Gasteiger partial charge in [-0.05, 0) is 42.9 Å². The van der Waals surface area contributed by atoms with Crippen LogP contribution in [0.4, 0.5) is 0 Å². The normalized spacial score (nSPS) is 18.3. The number of hydrogen-bond donors (Lipinski definition) is 1. The van der Waals surface area contributed by atoms with Crippen molar-refractivity contribution in [3.63, 3.8) is 0 Å². The third-order valence-electron chi connectivity index (χ3n) is 6.46. The number of unbranched alkanes of at least 4 members (excludes halogenated alkanes) is 2. The van der Waals surface area contributed by atoms with Crippen LogP contribution in [0.15, 0.2) is 0 Å². The molecule has 1 N–H and O–H groups in total. The zero-order valence-electron chi connectivity index (χ0n) is 22.3. The first-order valence-corrected chi connectivity index (χ1v) is 12.6. The summed E-state index contributed by atoms with van der Waals surface area (Å²) in [5, 5.41) is 10.1. The second kappa shape index (κ2) is 12.5. The largest absolute Gasteiger partial charge is 0.420 e. The Bertz CT molecular complexity index is 613. The maximum atomic E-state index is 12.9. The lowest BCUT2D eigenvalue weighted by molar-refractivity contribution is -0.270. The average molecular weight is 473 g/mol. The molecule has 194 valence electrons. The summed E-state index contributed by atoms with van der Waals surface area (Å²) in [5.41, 5.74) is -0.202. The Morgan fingerprint density at radius 2 is 1.39 bits per heavy atom. The van der Waals surface area contributed by atoms with E-state index in [1.165, 1.54) is 0 Å². The van der Waals surface area contributed by atoms with Gasteiger partial charge in [-0.15, -0.1) is 0 Å². The molecule has 7 nitrogen and oxygen atoms in total. The van der Waals surface area contributed by atoms with Crippen LogP contribution in [0.2, 0.25) is 0 Å². The van der Waals surface area contributed by atoms with Gasteiger partial charge in [0, 0.05) is 18.4 Å². The van der Waals surface area contributed by atoms with Crippen molar-refractivity contribution in [2.45, 2.75) is 125 Å². The topological polar surface area (TPSA) is 97.9 Å². The van der Waals surface area contributed by atoms with E-state index in [4.69, 9.17) is 19.6 Å². The van der Waals surface area contributed by atoms with Gasteiger partial charge in [-0.25, -0.2) is 19.4 Å². The SMILES string of the molecule is CCCC(C)(CO)C(CCCCC(C)(C)C)C(=O)OOC(=O)C1(CCCCC(C)(C)C)OO1. The summed E-state index contributed by atoms with van der Waals surface area (Å²) in [6, 6.07) is 0. The van der Waals surface area contributed by atoms with Crippen LogP contribution in [0.25, 0.3) is 0 Å². The smallest absolute Gasteiger partial charge is 0.396 e. The Kier molecular flexibility index (Phi) is 11.3. The number of aliphatic hydroxyl groups is 1. The van der Waals surface area contributed by atoms with Gasteiger partial charge in [-0.3, -0.25) is 0 Å². The monoisotopic (exact) mass is 472 g/mol. The molecule has 1 heterocycles. The second-order valence-corrected chi connectivity index (χ2v) is 12.4. The zero-order chi connectivity index (χ0) is 25.3. The summed E-state index contributed by atoms with van der Waals surface area (Å²) in [5.74, 6) is -3.52. The Balaban J connectivity index is 2.65. The summed E-state index contributed by atoms with van der Waals surface area (Å²) < 4.78 is 0. The van der Waals surface area contributed by atoms with Crippen molar-refractivity contribution in [3.05, 3.63) is 0 Å². The quantitative estimate of drug-likeness (QED) is 0.138. The van der Waals surface area contributed by atoms with Crippen LogP contribution in [-0.4, -0.2) is 29.4 Å². The Morgan fingerprint density at radius 1 is 0.848 bits per heavy atom. The van der Waals surface area contributed by atoms with E-state index in [-0.39, 0.29) is 17.4 Å². The Hall–Kier alpha value is -1.18. The van der Waals surface area contributed by atoms with Crippen molar-refractivity contribution in [2.75, 3.05) is 6.61 Å². The zero-order valence-corrected chi connectivity index (χ0v) is 22.3. The lowest BCUT2D eigenvalue weighted by Gasteiger charge is -2.34. The summed E-state index contributed by atoms with van der Waals surface area (Å²) in [4.78, 5) is 45.1. The number of rotatable bonds is 14. The molecule has 1 aliphatic heterocycles. The van der Waals surface area contributed by atoms with Gasteiger partial charge < -0.3 is 5.11 Å². The molecule has 1 fully saturated rings. The molecule has 0 spiro atoms. The lowest BCUT2D eigenvalue weighted by Crippen LogP contribution is -2.39. The molecule has 0 saturated carbocycles. The van der Waals surface area contributed by atoms with E-state index in [1.54, 1.807) is 0 Å². The predicted octanol–water partition coefficient (Wildman–Crippen LogP) is 6.27. The number of carbonyl (C=O) groups is 2. The predicted molar refractivity (Wildman–Crippen MR) is 127 cm³/mol. The average Bonchev–Trinajstić information content (AvgIpc) is 3.49. The fraction of sp³-hybridized carbons (Fsp3) is 0.923. The van der Waals surface area contributed by atoms with Crippen LogP contribution < -0.4 is 0 Å². The summed E-state index contributed by atoms with van der Waals surface area (Å²) in [7, 11) is 0. The molecular formula is C26H48O7. The van der Waals surface area contributed by atoms with Crippen molar-refractivity contribution >= 4 is 11.9 Å². The van der Waals surface area contributed by atoms with E-state index in [0.717, 1.165) is 44.9 Å². The van der Waals surface area contributed by atoms with Gasteiger partial charge in [-0.2, -0.15) is 9.78 Å². The van der Waals surface area contributed by atoms with Gasteiger partial charge in [0.1, 0.15) is 0 Å². The standard InChI is InChI=1S/C26H48O7/c1-9-15-25(8,19-27)20(14-10-11-16-23(2,3)4)21(28)30-31-22(29)26(32-33-26)18-13-12-17-24(5,6)7/h20,27H,9-19H2,1-8H3. The minimum absolute atomic E-state index is 0.141. The maximum absolute atomic E-state index is 12.9. The first kappa shape index (κ1) is 29.9. The van der Waals surface area contributed by atoms with E-state index < -0.39 is 29.1 Å². The number of hydrogen-bond acceptors (Lipinski definition) is 7. The summed E-state index contributed by atoms with van der Waals surface area (Å²) in [6.07, 6.45) is 7.91. The lowest BCUT2D eigenvalue weighted by atomic mass is 9.72. The van der Waals surface area contributed by atoms with E-state index in [1.807, 2.05) is 13.8 Å². The Labute approximate surface area is 200 Å². The van der Waals surface area contributed by atoms with Crippen LogP contribution in [0.3, 0.4) is 0 Å². The summed E-state index contributed by atoms with van der Waals surface area (Å²) >= 11 is 0. The van der Waals surface area contributed by atoms with Crippen LogP contribution >= 0.6 is 0 Å². The van der Waals surface area contributed by atoms with Gasteiger partial charge in [0.15, 0.2) is 0 Å². The van der Waals surface area contributed by atoms with E-state index in [9.17, 15) is 14.7 Å². The third-order valence-corrected chi connectivity index (χ3v) is 6.46. The molecule has 0 aromatic carbocycles. The molecule has 7 heteroatoms. The molecule has 0 amide bonds. The van der Waals surface area contributed by atoms with Crippen LogP contribution in [0.5, 0.6) is 0 Å². The Morgan fingerprint density at radius 3 is 1.85 bits per heavy atom. The summed E-state index contributed by atoms with van der Waals surface area (Å²) in [6.45, 7) is 16.8. The molecule has 0 aliphatic carbocycles. The second-order valence-electron chi connectivity index (χ2n) is 12.4. The molecule has 2 unspecified atom stereocenters. The minimum Gasteiger partial charge on any atom is -0.396 e. The molecule has 0 aromatic heterocycles. The molecule has 1 rings (SSSR count). The fourth-order valence-electron chi connectivity index (χ4n) is 4.21. The van der Waals surface area contributed by atoms with Crippen molar-refractivity contribution in [3.8, 4) is 0 Å². The van der Waals surface area contributed by atoms with Crippen LogP contribution in [0.1, 0.15) is 120 Å². The highest BCUT2D eigenvalue weighted by molar-refractivity contribution is 5.80. The van der Waals surface area contributed by atoms with Gasteiger partial charge >= 0.3 is 17.7 Å². The fourth-order valence-corrected chi connectivity index (χ4v) is 4.21. The first-order valence-electron chi connectivity index (χ1n) is 12.6. The van der Waals surface area contributed by atoms with E-state index in [0.29, 0.717) is 19.3 Å². The molecule has 1 aliphatic rings. The molecule has 0 aromatic rings. The van der Waals surface area contributed by atoms with E-state index >= 15 is 0 Å². The van der Waals surface area contributed by atoms with Crippen molar-refractivity contribution in [2.24, 2.45) is 22.2 Å². The van der Waals surface area contributed by atoms with Crippen molar-refractivity contribution in [1.82, 2.24) is 0 Å². The maximum Gasteiger partial charge on any atom is 0.420 e. The van der Waals surface area contributed by atoms with Crippen LogP contribution in [-0.2, 0) is 29.1 Å². The highest BCUT2D eigenvalue weighted by atomic mass is 17.4. The molecule has 0 bridgehead atoms. The number of carbonyl (C=O) groups excluding carboxylic acids is 2. The van der Waals surface area contributed by atoms with Gasteiger partial charge in [0.2, 0.25) is 0 Å². The minimum atomic E-state index is -1.47. The number of aliphatic hydroxyl groups excluding tert-OH is 1. The first-order chi connectivity index (χ1) is 15.2. The highest BCUT2D eigenvalue weighted by Gasteiger charge is 2.59. The van der Waals surface area contributed by atoms with Crippen molar-refractivity contribution in [1.29, 1.82) is 0 Å². The molecule has 0 radical (unpaired) electrons. The highest BCUT2D eigenvalue weighted by Crippen LogP contribution is 2.39. The van der Waals surface area contributed by atoms with Crippen molar-refractivity contribution < 1.29 is 34.2 Å². The third kappa shape index (κ3) is 10.7. The van der Waals surface area contributed by atoms with Gasteiger partial charge in [0.25, 0.3) is 0 Å². The van der Waals surface area contributed by atoms with E-state index in [2.05, 4.69) is 41.5 Å². The van der Waals surface area contributed by atoms with Gasteiger partial charge in [-0.1, -0.05) is 81.1 Å². The van der Waals surface area contributed by atoms with Gasteiger partial charge in [0.05, 0.1) is 5.92 Å². The molecule has 2 atom stereocenters. The van der Waals surface area contributed by atoms with Crippen LogP contribution in [0, 0.1) is 22.2 Å². The molecule has 1 saturated heterocycles. The molecular weight excluding hydrogens is 424 g/mol. The molecule has 33 heavy (non-hydrogen) atoms.